The molecule has 0 bridgehead atoms. The molecule has 0 amide bonds. The number of imidazole rings is 1. The van der Waals surface area contributed by atoms with Crippen LogP contribution in [-0.4, -0.2) is 45.6 Å². The molecule has 0 aromatic carbocycles. The number of aromatic nitrogens is 2. The molecule has 8 nitrogen and oxygen atoms in total. The maximum absolute atomic E-state index is 11.1. The minimum absolute atomic E-state index is 0.0414. The Labute approximate surface area is 111 Å². The zero-order chi connectivity index (χ0) is 14.3. The lowest BCUT2D eigenvalue weighted by molar-refractivity contribution is -0.139. The molecule has 0 radical (unpaired) electrons. The van der Waals surface area contributed by atoms with Gasteiger partial charge in [-0.25, -0.2) is 4.98 Å². The number of nitrogens with zero attached hydrogens (tertiary/aromatic N) is 2. The fraction of sp³-hybridized carbons (Fsp3) is 0.545. The number of aromatic amines is 1. The topological polar surface area (TPSA) is 142 Å². The second kappa shape index (κ2) is 7.37. The second-order valence-corrected chi connectivity index (χ2v) is 4.32. The van der Waals surface area contributed by atoms with Crippen LogP contribution in [0.3, 0.4) is 0 Å². The molecule has 106 valence electrons. The maximum Gasteiger partial charge on any atom is 0.321 e. The highest BCUT2D eigenvalue weighted by atomic mass is 16.4. The van der Waals surface area contributed by atoms with Gasteiger partial charge >= 0.3 is 5.97 Å². The summed E-state index contributed by atoms with van der Waals surface area (Å²) in [5, 5.41) is 12.1. The van der Waals surface area contributed by atoms with Gasteiger partial charge in [0.05, 0.1) is 12.4 Å². The lowest BCUT2D eigenvalue weighted by Gasteiger charge is -2.14. The summed E-state index contributed by atoms with van der Waals surface area (Å²) in [6, 6.07) is -0.703. The predicted octanol–water partition coefficient (Wildman–Crippen LogP) is -0.953. The molecular weight excluding hydrogens is 248 g/mol. The number of aliphatic carboxylic acids is 1. The van der Waals surface area contributed by atoms with Gasteiger partial charge in [0.25, 0.3) is 0 Å². The molecular formula is C11H20N6O2. The van der Waals surface area contributed by atoms with Crippen LogP contribution in [0, 0.1) is 0 Å². The molecule has 8 heteroatoms. The Kier molecular flexibility index (Phi) is 5.80. The number of rotatable bonds is 8. The summed E-state index contributed by atoms with van der Waals surface area (Å²) in [7, 11) is 0. The summed E-state index contributed by atoms with van der Waals surface area (Å²) in [6.45, 7) is 2.38. The number of carboxylic acid groups (broad SMARTS) is 1. The van der Waals surface area contributed by atoms with Gasteiger partial charge in [0.15, 0.2) is 5.96 Å². The number of hydrogen-bond acceptors (Lipinski definition) is 4. The lowest BCUT2D eigenvalue weighted by Crippen LogP contribution is -2.39. The molecule has 0 saturated carbocycles. The Morgan fingerprint density at radius 3 is 2.89 bits per heavy atom. The molecule has 0 aliphatic heterocycles. The van der Waals surface area contributed by atoms with Crippen molar-refractivity contribution in [3.05, 3.63) is 18.2 Å². The molecule has 0 spiro atoms. The van der Waals surface area contributed by atoms with Gasteiger partial charge in [-0.1, -0.05) is 0 Å². The Bertz CT molecular complexity index is 413. The molecule has 0 saturated heterocycles. The first-order valence-corrected chi connectivity index (χ1v) is 6.01. The summed E-state index contributed by atoms with van der Waals surface area (Å²) in [5.41, 5.74) is 11.3. The highest BCUT2D eigenvalue weighted by molar-refractivity contribution is 5.75. The van der Waals surface area contributed by atoms with E-state index in [0.29, 0.717) is 19.4 Å². The number of aliphatic imine (C=N–C) groups is 1. The third-order valence-corrected chi connectivity index (χ3v) is 2.60. The number of carboxylic acids is 1. The summed E-state index contributed by atoms with van der Waals surface area (Å²) in [6.07, 6.45) is 4.14. The fourth-order valence-corrected chi connectivity index (χ4v) is 1.65. The molecule has 0 fully saturated rings. The predicted molar refractivity (Wildman–Crippen MR) is 71.6 cm³/mol. The number of H-pyrrole nitrogens is 1. The molecule has 1 unspecified atom stereocenters. The molecule has 19 heavy (non-hydrogen) atoms. The van der Waals surface area contributed by atoms with E-state index in [1.54, 1.807) is 6.20 Å². The van der Waals surface area contributed by atoms with E-state index >= 15 is 0 Å². The van der Waals surface area contributed by atoms with E-state index < -0.39 is 12.0 Å². The van der Waals surface area contributed by atoms with E-state index in [4.69, 9.17) is 16.6 Å². The van der Waals surface area contributed by atoms with Gasteiger partial charge < -0.3 is 26.9 Å². The molecule has 2 atom stereocenters. The summed E-state index contributed by atoms with van der Waals surface area (Å²) < 4.78 is 0. The van der Waals surface area contributed by atoms with Crippen molar-refractivity contribution >= 4 is 11.9 Å². The molecule has 7 N–H and O–H groups in total. The zero-order valence-electron chi connectivity index (χ0n) is 10.8. The molecule has 0 aliphatic carbocycles. The van der Waals surface area contributed by atoms with Crippen LogP contribution in [0.2, 0.25) is 0 Å². The quantitative estimate of drug-likeness (QED) is 0.304. The summed E-state index contributed by atoms with van der Waals surface area (Å²) >= 11 is 0. The first-order chi connectivity index (χ1) is 8.99. The molecule has 1 rings (SSSR count). The Balaban J connectivity index is 2.38. The molecule has 0 aliphatic rings. The minimum atomic E-state index is -0.899. The Morgan fingerprint density at radius 1 is 1.63 bits per heavy atom. The van der Waals surface area contributed by atoms with E-state index in [1.807, 2.05) is 6.92 Å². The van der Waals surface area contributed by atoms with E-state index in [1.165, 1.54) is 6.33 Å². The van der Waals surface area contributed by atoms with Crippen molar-refractivity contribution in [2.45, 2.75) is 31.8 Å². The largest absolute Gasteiger partial charge is 0.480 e. The van der Waals surface area contributed by atoms with Crippen molar-refractivity contribution in [2.75, 3.05) is 6.54 Å². The summed E-state index contributed by atoms with van der Waals surface area (Å²) in [5.74, 6) is -0.858. The van der Waals surface area contributed by atoms with Crippen molar-refractivity contribution in [1.82, 2.24) is 15.3 Å². The van der Waals surface area contributed by atoms with E-state index in [0.717, 1.165) is 5.69 Å². The third-order valence-electron chi connectivity index (χ3n) is 2.60. The Morgan fingerprint density at radius 2 is 2.37 bits per heavy atom. The number of guanidine groups is 1. The van der Waals surface area contributed by atoms with Crippen LogP contribution in [0.4, 0.5) is 0 Å². The van der Waals surface area contributed by atoms with Crippen LogP contribution in [0.15, 0.2) is 17.5 Å². The lowest BCUT2D eigenvalue weighted by atomic mass is 10.1. The SMILES string of the molecule is CC(CCN[C@@H](Cc1cnc[nH]1)C(=O)O)N=C(N)N. The standard InChI is InChI=1S/C11H20N6O2/c1-7(17-11(12)13)2-3-15-9(10(18)19)4-8-5-14-6-16-8/h5-7,9,15H,2-4H2,1H3,(H,14,16)(H,18,19)(H4,12,13,17)/t7?,9-/m0/s1. The highest BCUT2D eigenvalue weighted by Gasteiger charge is 2.17. The fourth-order valence-electron chi connectivity index (χ4n) is 1.65. The van der Waals surface area contributed by atoms with Gasteiger partial charge in [-0.15, -0.1) is 0 Å². The smallest absolute Gasteiger partial charge is 0.321 e. The summed E-state index contributed by atoms with van der Waals surface area (Å²) in [4.78, 5) is 21.8. The number of nitrogens with two attached hydrogens (primary N) is 2. The number of carbonyl (C=O) groups is 1. The minimum Gasteiger partial charge on any atom is -0.480 e. The van der Waals surface area contributed by atoms with Crippen LogP contribution < -0.4 is 16.8 Å². The van der Waals surface area contributed by atoms with Gasteiger partial charge in [0.1, 0.15) is 6.04 Å². The Hall–Kier alpha value is -2.09. The highest BCUT2D eigenvalue weighted by Crippen LogP contribution is 2.00. The van der Waals surface area contributed by atoms with Crippen LogP contribution in [0.1, 0.15) is 19.0 Å². The van der Waals surface area contributed by atoms with E-state index in [2.05, 4.69) is 20.3 Å². The molecule has 1 aromatic heterocycles. The molecule has 1 heterocycles. The number of nitrogens with one attached hydrogen (secondary N) is 2. The van der Waals surface area contributed by atoms with Crippen LogP contribution in [0.25, 0.3) is 0 Å². The van der Waals surface area contributed by atoms with Gasteiger partial charge in [0.2, 0.25) is 0 Å². The average molecular weight is 268 g/mol. The van der Waals surface area contributed by atoms with Gasteiger partial charge in [-0.05, 0) is 19.9 Å². The monoisotopic (exact) mass is 268 g/mol. The van der Waals surface area contributed by atoms with Crippen molar-refractivity contribution in [3.8, 4) is 0 Å². The first kappa shape index (κ1) is 15.0. The third kappa shape index (κ3) is 5.87. The average Bonchev–Trinajstić information content (AvgIpc) is 2.79. The van der Waals surface area contributed by atoms with E-state index in [-0.39, 0.29) is 12.0 Å². The van der Waals surface area contributed by atoms with Crippen molar-refractivity contribution in [3.63, 3.8) is 0 Å². The zero-order valence-corrected chi connectivity index (χ0v) is 10.8. The van der Waals surface area contributed by atoms with Gasteiger partial charge in [0, 0.05) is 18.3 Å². The van der Waals surface area contributed by atoms with Crippen molar-refractivity contribution in [1.29, 1.82) is 0 Å². The van der Waals surface area contributed by atoms with E-state index in [9.17, 15) is 4.79 Å². The normalized spacial score (nSPS) is 13.7. The molecule has 1 aromatic rings. The van der Waals surface area contributed by atoms with Crippen LogP contribution in [0.5, 0.6) is 0 Å². The van der Waals surface area contributed by atoms with Gasteiger partial charge in [-0.2, -0.15) is 0 Å². The maximum atomic E-state index is 11.1. The van der Waals surface area contributed by atoms with Crippen LogP contribution in [-0.2, 0) is 11.2 Å². The van der Waals surface area contributed by atoms with Crippen molar-refractivity contribution in [2.24, 2.45) is 16.5 Å². The van der Waals surface area contributed by atoms with Crippen molar-refractivity contribution < 1.29 is 9.90 Å². The van der Waals surface area contributed by atoms with Gasteiger partial charge in [-0.3, -0.25) is 9.79 Å². The van der Waals surface area contributed by atoms with Crippen LogP contribution >= 0.6 is 0 Å². The first-order valence-electron chi connectivity index (χ1n) is 6.01. The number of hydrogen-bond donors (Lipinski definition) is 5. The second-order valence-electron chi connectivity index (χ2n) is 4.32.